The maximum atomic E-state index is 13.6. The van der Waals surface area contributed by atoms with Gasteiger partial charge >= 0.3 is 0 Å². The molecule has 154 valence electrons. The van der Waals surface area contributed by atoms with Crippen molar-refractivity contribution in [3.63, 3.8) is 0 Å². The van der Waals surface area contributed by atoms with E-state index in [9.17, 15) is 4.79 Å². The Kier molecular flexibility index (Phi) is 5.01. The molecule has 3 heterocycles. The molecular formula is C24H26N4O2. The molecule has 0 N–H and O–H groups in total. The van der Waals surface area contributed by atoms with Crippen LogP contribution in [0.2, 0.25) is 0 Å². The Hall–Kier alpha value is -3.12. The molecule has 0 atom stereocenters. The van der Waals surface area contributed by atoms with Gasteiger partial charge in [-0.25, -0.2) is 4.98 Å². The van der Waals surface area contributed by atoms with Gasteiger partial charge in [-0.1, -0.05) is 36.4 Å². The number of carbonyl (C=O) groups is 1. The molecule has 6 nitrogen and oxygen atoms in total. The Labute approximate surface area is 176 Å². The summed E-state index contributed by atoms with van der Waals surface area (Å²) >= 11 is 0. The van der Waals surface area contributed by atoms with Crippen molar-refractivity contribution in [3.05, 3.63) is 77.9 Å². The predicted molar refractivity (Wildman–Crippen MR) is 115 cm³/mol. The molecule has 2 aliphatic heterocycles. The summed E-state index contributed by atoms with van der Waals surface area (Å²) in [5, 5.41) is 0. The molecule has 0 bridgehead atoms. The molecule has 1 saturated heterocycles. The summed E-state index contributed by atoms with van der Waals surface area (Å²) in [5.74, 6) is 2.48. The largest absolute Gasteiger partial charge is 0.457 e. The van der Waals surface area contributed by atoms with Crippen LogP contribution in [0.1, 0.15) is 22.9 Å². The first-order valence-corrected chi connectivity index (χ1v) is 10.6. The van der Waals surface area contributed by atoms with Gasteiger partial charge in [-0.3, -0.25) is 9.69 Å². The van der Waals surface area contributed by atoms with E-state index < -0.39 is 0 Å². The molecule has 6 heteroatoms. The second kappa shape index (κ2) is 7.95. The SMILES string of the molecule is Cc1nccn1CCN1CCN(C(=O)C2c3ccccc3Oc3ccccc32)CC1. The molecule has 1 fully saturated rings. The van der Waals surface area contributed by atoms with Gasteiger partial charge in [0.2, 0.25) is 5.91 Å². The number of nitrogens with zero attached hydrogens (tertiary/aromatic N) is 4. The fraction of sp³-hybridized carbons (Fsp3) is 0.333. The minimum Gasteiger partial charge on any atom is -0.457 e. The molecule has 1 aromatic heterocycles. The van der Waals surface area contributed by atoms with Crippen LogP contribution in [0.3, 0.4) is 0 Å². The summed E-state index contributed by atoms with van der Waals surface area (Å²) in [4.78, 5) is 22.3. The van der Waals surface area contributed by atoms with Crippen LogP contribution in [-0.2, 0) is 11.3 Å². The Morgan fingerprint density at radius 1 is 0.967 bits per heavy atom. The number of hydrogen-bond acceptors (Lipinski definition) is 4. The Balaban J connectivity index is 1.29. The van der Waals surface area contributed by atoms with Crippen LogP contribution in [0.5, 0.6) is 11.5 Å². The van der Waals surface area contributed by atoms with Gasteiger partial charge in [-0.15, -0.1) is 0 Å². The Bertz CT molecular complexity index is 1010. The summed E-state index contributed by atoms with van der Waals surface area (Å²) in [5.41, 5.74) is 1.92. The van der Waals surface area contributed by atoms with Crippen molar-refractivity contribution < 1.29 is 9.53 Å². The highest BCUT2D eigenvalue weighted by atomic mass is 16.5. The fourth-order valence-corrected chi connectivity index (χ4v) is 4.44. The first kappa shape index (κ1) is 18.9. The Morgan fingerprint density at radius 3 is 2.20 bits per heavy atom. The van der Waals surface area contributed by atoms with Crippen molar-refractivity contribution in [2.45, 2.75) is 19.4 Å². The van der Waals surface area contributed by atoms with E-state index in [0.717, 1.165) is 67.7 Å². The monoisotopic (exact) mass is 402 g/mol. The number of hydrogen-bond donors (Lipinski definition) is 0. The standard InChI is InChI=1S/C24H26N4O2/c1-18-25-10-11-27(18)15-12-26-13-16-28(17-14-26)24(29)23-19-6-2-4-8-21(19)30-22-9-5-3-7-20(22)23/h2-11,23H,12-17H2,1H3. The first-order chi connectivity index (χ1) is 14.7. The van der Waals surface area contributed by atoms with Crippen LogP contribution in [0.25, 0.3) is 0 Å². The smallest absolute Gasteiger partial charge is 0.234 e. The lowest BCUT2D eigenvalue weighted by molar-refractivity contribution is -0.133. The van der Waals surface area contributed by atoms with Gasteiger partial charge in [0, 0.05) is 62.8 Å². The van der Waals surface area contributed by atoms with Crippen LogP contribution < -0.4 is 4.74 Å². The number of piperazine rings is 1. The molecular weight excluding hydrogens is 376 g/mol. The van der Waals surface area contributed by atoms with E-state index in [1.165, 1.54) is 0 Å². The lowest BCUT2D eigenvalue weighted by Gasteiger charge is -2.38. The number of fused-ring (bicyclic) bond motifs is 2. The van der Waals surface area contributed by atoms with Crippen LogP contribution >= 0.6 is 0 Å². The topological polar surface area (TPSA) is 50.6 Å². The van der Waals surface area contributed by atoms with Crippen molar-refractivity contribution in [1.29, 1.82) is 0 Å². The number of benzene rings is 2. The zero-order valence-corrected chi connectivity index (χ0v) is 17.2. The molecule has 30 heavy (non-hydrogen) atoms. The van der Waals surface area contributed by atoms with Gasteiger partial charge in [0.25, 0.3) is 0 Å². The molecule has 1 amide bonds. The van der Waals surface area contributed by atoms with Gasteiger partial charge in [0.1, 0.15) is 17.3 Å². The number of aromatic nitrogens is 2. The minimum absolute atomic E-state index is 0.170. The van der Waals surface area contributed by atoms with Gasteiger partial charge < -0.3 is 14.2 Å². The molecule has 0 spiro atoms. The average Bonchev–Trinajstić information content (AvgIpc) is 3.20. The highest BCUT2D eigenvalue weighted by molar-refractivity contribution is 5.89. The summed E-state index contributed by atoms with van der Waals surface area (Å²) in [6.07, 6.45) is 3.87. The molecule has 0 aliphatic carbocycles. The Morgan fingerprint density at radius 2 is 1.60 bits per heavy atom. The third-order valence-electron chi connectivity index (χ3n) is 6.19. The van der Waals surface area contributed by atoms with E-state index in [2.05, 4.69) is 14.5 Å². The maximum absolute atomic E-state index is 13.6. The molecule has 2 aromatic carbocycles. The summed E-state index contributed by atoms with van der Waals surface area (Å²) < 4.78 is 8.23. The van der Waals surface area contributed by atoms with Gasteiger partial charge in [-0.2, -0.15) is 0 Å². The fourth-order valence-electron chi connectivity index (χ4n) is 4.44. The minimum atomic E-state index is -0.300. The van der Waals surface area contributed by atoms with E-state index in [-0.39, 0.29) is 11.8 Å². The molecule has 2 aliphatic rings. The quantitative estimate of drug-likeness (QED) is 0.672. The van der Waals surface area contributed by atoms with Gasteiger partial charge in [0.05, 0.1) is 5.92 Å². The molecule has 0 radical (unpaired) electrons. The lowest BCUT2D eigenvalue weighted by Crippen LogP contribution is -2.50. The average molecular weight is 402 g/mol. The number of amides is 1. The van der Waals surface area contributed by atoms with Crippen molar-refractivity contribution in [1.82, 2.24) is 19.4 Å². The molecule has 0 saturated carbocycles. The van der Waals surface area contributed by atoms with Crippen molar-refractivity contribution in [3.8, 4) is 11.5 Å². The molecule has 5 rings (SSSR count). The van der Waals surface area contributed by atoms with Crippen molar-refractivity contribution in [2.24, 2.45) is 0 Å². The van der Waals surface area contributed by atoms with Gasteiger partial charge in [0.15, 0.2) is 0 Å². The molecule has 3 aromatic rings. The highest BCUT2D eigenvalue weighted by Gasteiger charge is 2.35. The number of imidazole rings is 1. The number of ether oxygens (including phenoxy) is 1. The van der Waals surface area contributed by atoms with Crippen molar-refractivity contribution in [2.75, 3.05) is 32.7 Å². The third kappa shape index (κ3) is 3.48. The van der Waals surface area contributed by atoms with Crippen LogP contribution in [0, 0.1) is 6.92 Å². The maximum Gasteiger partial charge on any atom is 0.234 e. The zero-order valence-electron chi connectivity index (χ0n) is 17.2. The van der Waals surface area contributed by atoms with E-state index in [1.54, 1.807) is 0 Å². The van der Waals surface area contributed by atoms with E-state index in [0.29, 0.717) is 0 Å². The lowest BCUT2D eigenvalue weighted by atomic mass is 9.86. The summed E-state index contributed by atoms with van der Waals surface area (Å²) in [7, 11) is 0. The van der Waals surface area contributed by atoms with Crippen LogP contribution in [0.15, 0.2) is 60.9 Å². The predicted octanol–water partition coefficient (Wildman–Crippen LogP) is 3.27. The van der Waals surface area contributed by atoms with Crippen LogP contribution in [-0.4, -0.2) is 58.0 Å². The second-order valence-electron chi connectivity index (χ2n) is 7.95. The summed E-state index contributed by atoms with van der Waals surface area (Å²) in [6.45, 7) is 7.23. The number of aryl methyl sites for hydroxylation is 1. The third-order valence-corrected chi connectivity index (χ3v) is 6.19. The summed E-state index contributed by atoms with van der Waals surface area (Å²) in [6, 6.07) is 15.8. The van der Waals surface area contributed by atoms with E-state index in [1.807, 2.05) is 72.7 Å². The highest BCUT2D eigenvalue weighted by Crippen LogP contribution is 2.44. The first-order valence-electron chi connectivity index (χ1n) is 10.6. The van der Waals surface area contributed by atoms with Crippen LogP contribution in [0.4, 0.5) is 0 Å². The normalized spacial score (nSPS) is 16.6. The zero-order chi connectivity index (χ0) is 20.5. The second-order valence-corrected chi connectivity index (χ2v) is 7.95. The van der Waals surface area contributed by atoms with E-state index >= 15 is 0 Å². The number of carbonyl (C=O) groups excluding carboxylic acids is 1. The number of para-hydroxylation sites is 2. The molecule has 0 unspecified atom stereocenters. The van der Waals surface area contributed by atoms with Gasteiger partial charge in [-0.05, 0) is 19.1 Å². The number of rotatable bonds is 4. The van der Waals surface area contributed by atoms with Crippen molar-refractivity contribution >= 4 is 5.91 Å². The van der Waals surface area contributed by atoms with E-state index in [4.69, 9.17) is 4.74 Å².